The molecule has 2 aromatic rings. The summed E-state index contributed by atoms with van der Waals surface area (Å²) in [7, 11) is 0. The fourth-order valence-corrected chi connectivity index (χ4v) is 2.80. The van der Waals surface area contributed by atoms with Gasteiger partial charge in [0, 0.05) is 39.3 Å². The summed E-state index contributed by atoms with van der Waals surface area (Å²) in [6.45, 7) is 13.6. The molecule has 126 valence electrons. The Bertz CT molecular complexity index is 536. The van der Waals surface area contributed by atoms with E-state index in [0.717, 1.165) is 39.3 Å². The Morgan fingerprint density at radius 2 is 1.00 bits per heavy atom. The Morgan fingerprint density at radius 3 is 1.33 bits per heavy atom. The molecule has 24 heavy (non-hydrogen) atoms. The second kappa shape index (κ2) is 10.6. The third kappa shape index (κ3) is 6.53. The van der Waals surface area contributed by atoms with Gasteiger partial charge in [-0.1, -0.05) is 72.8 Å². The Hall–Kier alpha value is -2.16. The van der Waals surface area contributed by atoms with E-state index in [0.29, 0.717) is 0 Å². The molecule has 0 atom stereocenters. The highest BCUT2D eigenvalue weighted by molar-refractivity contribution is 5.15. The first-order valence-corrected chi connectivity index (χ1v) is 8.56. The van der Waals surface area contributed by atoms with Crippen molar-refractivity contribution in [2.24, 2.45) is 0 Å². The first-order chi connectivity index (χ1) is 11.8. The minimum Gasteiger partial charge on any atom is -0.294 e. The maximum absolute atomic E-state index is 3.90. The van der Waals surface area contributed by atoms with Gasteiger partial charge in [-0.15, -0.1) is 13.2 Å². The van der Waals surface area contributed by atoms with Gasteiger partial charge in [-0.05, 0) is 11.1 Å². The van der Waals surface area contributed by atoms with E-state index in [1.165, 1.54) is 11.1 Å². The second-order valence-electron chi connectivity index (χ2n) is 6.02. The smallest absolute Gasteiger partial charge is 0.0237 e. The maximum Gasteiger partial charge on any atom is 0.0237 e. The molecule has 0 heterocycles. The van der Waals surface area contributed by atoms with Crippen molar-refractivity contribution in [2.75, 3.05) is 26.2 Å². The van der Waals surface area contributed by atoms with Crippen LogP contribution in [0.4, 0.5) is 0 Å². The zero-order valence-corrected chi connectivity index (χ0v) is 14.5. The Balaban J connectivity index is 1.91. The van der Waals surface area contributed by atoms with Crippen LogP contribution in [0.25, 0.3) is 0 Å². The molecule has 0 spiro atoms. The Morgan fingerprint density at radius 1 is 0.625 bits per heavy atom. The van der Waals surface area contributed by atoms with Crippen molar-refractivity contribution in [3.8, 4) is 0 Å². The van der Waals surface area contributed by atoms with Crippen molar-refractivity contribution in [2.45, 2.75) is 13.1 Å². The highest BCUT2D eigenvalue weighted by Crippen LogP contribution is 2.07. The van der Waals surface area contributed by atoms with E-state index in [1.807, 2.05) is 12.2 Å². The van der Waals surface area contributed by atoms with Crippen molar-refractivity contribution in [3.05, 3.63) is 97.1 Å². The minimum absolute atomic E-state index is 0.905. The molecular formula is C22H28N2. The van der Waals surface area contributed by atoms with E-state index in [-0.39, 0.29) is 0 Å². The average Bonchev–Trinajstić information content (AvgIpc) is 2.62. The maximum atomic E-state index is 3.90. The molecule has 0 saturated heterocycles. The number of rotatable bonds is 11. The molecule has 0 aliphatic carbocycles. The molecule has 0 amide bonds. The van der Waals surface area contributed by atoms with E-state index >= 15 is 0 Å². The van der Waals surface area contributed by atoms with Crippen LogP contribution in [0.5, 0.6) is 0 Å². The number of benzene rings is 2. The van der Waals surface area contributed by atoms with E-state index < -0.39 is 0 Å². The van der Waals surface area contributed by atoms with Crippen LogP contribution in [-0.4, -0.2) is 36.0 Å². The predicted molar refractivity (Wildman–Crippen MR) is 104 cm³/mol. The number of hydrogen-bond acceptors (Lipinski definition) is 2. The van der Waals surface area contributed by atoms with E-state index in [4.69, 9.17) is 0 Å². The van der Waals surface area contributed by atoms with Crippen molar-refractivity contribution >= 4 is 0 Å². The molecule has 2 nitrogen and oxygen atoms in total. The molecule has 2 heteroatoms. The first-order valence-electron chi connectivity index (χ1n) is 8.56. The van der Waals surface area contributed by atoms with Gasteiger partial charge in [0.15, 0.2) is 0 Å². The van der Waals surface area contributed by atoms with Crippen LogP contribution in [-0.2, 0) is 13.1 Å². The summed E-state index contributed by atoms with van der Waals surface area (Å²) in [6, 6.07) is 21.2. The van der Waals surface area contributed by atoms with Gasteiger partial charge in [-0.3, -0.25) is 9.80 Å². The van der Waals surface area contributed by atoms with Crippen molar-refractivity contribution in [1.29, 1.82) is 0 Å². The molecular weight excluding hydrogens is 292 g/mol. The summed E-state index contributed by atoms with van der Waals surface area (Å²) in [6.07, 6.45) is 3.97. The summed E-state index contributed by atoms with van der Waals surface area (Å²) < 4.78 is 0. The fraction of sp³-hybridized carbons (Fsp3) is 0.273. The van der Waals surface area contributed by atoms with Gasteiger partial charge >= 0.3 is 0 Å². The first kappa shape index (κ1) is 18.2. The monoisotopic (exact) mass is 320 g/mol. The number of hydrogen-bond donors (Lipinski definition) is 0. The van der Waals surface area contributed by atoms with Crippen LogP contribution in [0, 0.1) is 0 Å². The van der Waals surface area contributed by atoms with Crippen LogP contribution in [0.3, 0.4) is 0 Å². The molecule has 0 aliphatic rings. The fourth-order valence-electron chi connectivity index (χ4n) is 2.80. The van der Waals surface area contributed by atoms with Gasteiger partial charge in [0.2, 0.25) is 0 Å². The topological polar surface area (TPSA) is 6.48 Å². The summed E-state index contributed by atoms with van der Waals surface area (Å²) in [5.74, 6) is 0. The van der Waals surface area contributed by atoms with Crippen LogP contribution in [0.15, 0.2) is 86.0 Å². The van der Waals surface area contributed by atoms with Crippen LogP contribution in [0.2, 0.25) is 0 Å². The third-order valence-electron chi connectivity index (χ3n) is 4.01. The zero-order chi connectivity index (χ0) is 17.0. The third-order valence-corrected chi connectivity index (χ3v) is 4.01. The van der Waals surface area contributed by atoms with E-state index in [1.54, 1.807) is 0 Å². The van der Waals surface area contributed by atoms with Crippen LogP contribution >= 0.6 is 0 Å². The lowest BCUT2D eigenvalue weighted by Crippen LogP contribution is -2.35. The molecule has 2 aromatic carbocycles. The standard InChI is InChI=1S/C22H28N2/c1-3-15-23(19-21-11-7-5-8-12-21)17-18-24(16-4-2)20-22-13-9-6-10-14-22/h3-14H,1-2,15-20H2. The van der Waals surface area contributed by atoms with Gasteiger partial charge in [-0.2, -0.15) is 0 Å². The molecule has 2 rings (SSSR count). The quantitative estimate of drug-likeness (QED) is 0.568. The van der Waals surface area contributed by atoms with Gasteiger partial charge in [0.05, 0.1) is 0 Å². The van der Waals surface area contributed by atoms with Crippen LogP contribution in [0.1, 0.15) is 11.1 Å². The lowest BCUT2D eigenvalue weighted by atomic mass is 10.2. The number of nitrogens with zero attached hydrogens (tertiary/aromatic N) is 2. The van der Waals surface area contributed by atoms with E-state index in [2.05, 4.69) is 83.6 Å². The van der Waals surface area contributed by atoms with E-state index in [9.17, 15) is 0 Å². The molecule has 0 aromatic heterocycles. The molecule has 0 N–H and O–H groups in total. The second-order valence-corrected chi connectivity index (χ2v) is 6.02. The summed E-state index contributed by atoms with van der Waals surface area (Å²) in [4.78, 5) is 4.87. The van der Waals surface area contributed by atoms with Gasteiger partial charge in [-0.25, -0.2) is 0 Å². The van der Waals surface area contributed by atoms with Crippen molar-refractivity contribution in [3.63, 3.8) is 0 Å². The van der Waals surface area contributed by atoms with Gasteiger partial charge in [0.25, 0.3) is 0 Å². The molecule has 0 bridgehead atoms. The Labute approximate surface area is 146 Å². The molecule has 0 aliphatic heterocycles. The molecule has 0 unspecified atom stereocenters. The SMILES string of the molecule is C=CCN(CCN(CC=C)Cc1ccccc1)Cc1ccccc1. The highest BCUT2D eigenvalue weighted by Gasteiger charge is 2.09. The summed E-state index contributed by atoms with van der Waals surface area (Å²) in [5, 5.41) is 0. The highest BCUT2D eigenvalue weighted by atomic mass is 15.2. The van der Waals surface area contributed by atoms with Gasteiger partial charge < -0.3 is 0 Å². The molecule has 0 saturated carbocycles. The average molecular weight is 320 g/mol. The molecule has 0 fully saturated rings. The van der Waals surface area contributed by atoms with Crippen molar-refractivity contribution < 1.29 is 0 Å². The summed E-state index contributed by atoms with van der Waals surface area (Å²) in [5.41, 5.74) is 2.69. The Kier molecular flexibility index (Phi) is 8.02. The van der Waals surface area contributed by atoms with Crippen molar-refractivity contribution in [1.82, 2.24) is 9.80 Å². The lowest BCUT2D eigenvalue weighted by molar-refractivity contribution is 0.217. The largest absolute Gasteiger partial charge is 0.294 e. The zero-order valence-electron chi connectivity index (χ0n) is 14.5. The summed E-state index contributed by atoms with van der Waals surface area (Å²) >= 11 is 0. The van der Waals surface area contributed by atoms with Gasteiger partial charge in [0.1, 0.15) is 0 Å². The molecule has 0 radical (unpaired) electrons. The normalized spacial score (nSPS) is 10.9. The lowest BCUT2D eigenvalue weighted by Gasteiger charge is -2.26. The predicted octanol–water partition coefficient (Wildman–Crippen LogP) is 4.36. The minimum atomic E-state index is 0.905. The van der Waals surface area contributed by atoms with Crippen LogP contribution < -0.4 is 0 Å².